The van der Waals surface area contributed by atoms with Gasteiger partial charge in [0.05, 0.1) is 23.4 Å². The van der Waals surface area contributed by atoms with E-state index in [1.807, 2.05) is 6.92 Å². The number of nitro benzene ring substituents is 1. The van der Waals surface area contributed by atoms with Gasteiger partial charge in [-0.1, -0.05) is 13.3 Å². The SMILES string of the molecule is CCCc1c(C(=O)O)c(-c2ccc([N+](=O)[O-])c(O)c2)nn1-c1ccc(OC)cc1. The largest absolute Gasteiger partial charge is 0.502 e. The number of methoxy groups -OCH3 is 1. The standard InChI is InChI=1S/C20H19N3O6/c1-3-4-16-18(20(25)26)19(12-5-10-15(23(27)28)17(24)11-12)21-22(16)13-6-8-14(29-2)9-7-13/h5-11,24H,3-4H2,1-2H3,(H,25,26). The summed E-state index contributed by atoms with van der Waals surface area (Å²) in [4.78, 5) is 22.3. The lowest BCUT2D eigenvalue weighted by atomic mass is 10.0. The highest BCUT2D eigenvalue weighted by Gasteiger charge is 2.26. The van der Waals surface area contributed by atoms with Crippen molar-refractivity contribution in [1.82, 2.24) is 9.78 Å². The van der Waals surface area contributed by atoms with E-state index >= 15 is 0 Å². The number of aromatic hydroxyl groups is 1. The summed E-state index contributed by atoms with van der Waals surface area (Å²) in [6.07, 6.45) is 1.15. The van der Waals surface area contributed by atoms with Gasteiger partial charge < -0.3 is 14.9 Å². The van der Waals surface area contributed by atoms with Crippen LogP contribution in [0, 0.1) is 10.1 Å². The van der Waals surface area contributed by atoms with Crippen LogP contribution in [0.1, 0.15) is 29.4 Å². The van der Waals surface area contributed by atoms with E-state index in [4.69, 9.17) is 4.74 Å². The summed E-state index contributed by atoms with van der Waals surface area (Å²) >= 11 is 0. The Hall–Kier alpha value is -3.88. The van der Waals surface area contributed by atoms with Crippen molar-refractivity contribution in [2.45, 2.75) is 19.8 Å². The predicted molar refractivity (Wildman–Crippen MR) is 105 cm³/mol. The molecule has 0 bridgehead atoms. The summed E-state index contributed by atoms with van der Waals surface area (Å²) in [6, 6.07) is 10.7. The fourth-order valence-electron chi connectivity index (χ4n) is 3.11. The van der Waals surface area contributed by atoms with E-state index in [1.165, 1.54) is 6.07 Å². The van der Waals surface area contributed by atoms with Crippen LogP contribution >= 0.6 is 0 Å². The molecule has 0 saturated carbocycles. The number of carbonyl (C=O) groups is 1. The van der Waals surface area contributed by atoms with Gasteiger partial charge in [-0.2, -0.15) is 5.10 Å². The summed E-state index contributed by atoms with van der Waals surface area (Å²) in [5.74, 6) is -1.07. The van der Waals surface area contributed by atoms with Crippen molar-refractivity contribution >= 4 is 11.7 Å². The topological polar surface area (TPSA) is 128 Å². The van der Waals surface area contributed by atoms with Crippen LogP contribution in [0.4, 0.5) is 5.69 Å². The third-order valence-corrected chi connectivity index (χ3v) is 4.44. The summed E-state index contributed by atoms with van der Waals surface area (Å²) in [6.45, 7) is 1.92. The predicted octanol–water partition coefficient (Wildman–Crippen LogP) is 3.81. The van der Waals surface area contributed by atoms with Gasteiger partial charge in [-0.05, 0) is 42.8 Å². The van der Waals surface area contributed by atoms with Crippen molar-refractivity contribution in [2.24, 2.45) is 0 Å². The maximum absolute atomic E-state index is 12.1. The molecular weight excluding hydrogens is 378 g/mol. The fraction of sp³-hybridized carbons (Fsp3) is 0.200. The molecule has 3 rings (SSSR count). The first-order valence-electron chi connectivity index (χ1n) is 8.84. The molecule has 0 aliphatic heterocycles. The zero-order valence-corrected chi connectivity index (χ0v) is 15.8. The number of phenols is 1. The molecule has 29 heavy (non-hydrogen) atoms. The van der Waals surface area contributed by atoms with Gasteiger partial charge in [0.1, 0.15) is 17.0 Å². The fourth-order valence-corrected chi connectivity index (χ4v) is 3.11. The van der Waals surface area contributed by atoms with Crippen molar-refractivity contribution < 1.29 is 24.7 Å². The lowest BCUT2D eigenvalue weighted by molar-refractivity contribution is -0.385. The van der Waals surface area contributed by atoms with Gasteiger partial charge in [0, 0.05) is 11.6 Å². The van der Waals surface area contributed by atoms with Gasteiger partial charge in [0.2, 0.25) is 0 Å². The Bertz CT molecular complexity index is 1070. The maximum Gasteiger partial charge on any atom is 0.339 e. The van der Waals surface area contributed by atoms with E-state index in [2.05, 4.69) is 5.10 Å². The van der Waals surface area contributed by atoms with E-state index in [1.54, 1.807) is 36.1 Å². The van der Waals surface area contributed by atoms with Gasteiger partial charge in [-0.3, -0.25) is 10.1 Å². The van der Waals surface area contributed by atoms with Crippen molar-refractivity contribution in [1.29, 1.82) is 0 Å². The van der Waals surface area contributed by atoms with Gasteiger partial charge in [0.25, 0.3) is 0 Å². The number of hydrogen-bond acceptors (Lipinski definition) is 6. The number of carboxylic acid groups (broad SMARTS) is 1. The number of benzene rings is 2. The molecule has 0 unspecified atom stereocenters. The zero-order valence-electron chi connectivity index (χ0n) is 15.8. The molecule has 9 heteroatoms. The normalized spacial score (nSPS) is 10.7. The molecule has 0 fully saturated rings. The summed E-state index contributed by atoms with van der Waals surface area (Å²) in [7, 11) is 1.55. The maximum atomic E-state index is 12.1. The van der Waals surface area contributed by atoms with E-state index in [0.29, 0.717) is 30.0 Å². The van der Waals surface area contributed by atoms with Gasteiger partial charge >= 0.3 is 11.7 Å². The molecule has 0 atom stereocenters. The summed E-state index contributed by atoms with van der Waals surface area (Å²) in [5, 5.41) is 35.2. The molecule has 150 valence electrons. The van der Waals surface area contributed by atoms with Crippen LogP contribution < -0.4 is 4.74 Å². The number of ether oxygens (including phenoxy) is 1. The highest BCUT2D eigenvalue weighted by atomic mass is 16.6. The number of nitrogens with zero attached hydrogens (tertiary/aromatic N) is 3. The van der Waals surface area contributed by atoms with Crippen molar-refractivity contribution in [3.8, 4) is 28.4 Å². The molecule has 3 aromatic rings. The molecule has 2 N–H and O–H groups in total. The Balaban J connectivity index is 2.22. The quantitative estimate of drug-likeness (QED) is 0.458. The number of rotatable bonds is 7. The first-order valence-corrected chi connectivity index (χ1v) is 8.84. The molecule has 0 aliphatic carbocycles. The zero-order chi connectivity index (χ0) is 21.1. The highest BCUT2D eigenvalue weighted by Crippen LogP contribution is 2.34. The minimum Gasteiger partial charge on any atom is -0.502 e. The number of nitro groups is 1. The van der Waals surface area contributed by atoms with Crippen LogP contribution in [0.2, 0.25) is 0 Å². The second kappa shape index (κ2) is 8.01. The molecule has 0 amide bonds. The van der Waals surface area contributed by atoms with Crippen molar-refractivity contribution in [2.75, 3.05) is 7.11 Å². The third kappa shape index (κ3) is 3.75. The Morgan fingerprint density at radius 2 is 1.93 bits per heavy atom. The van der Waals surface area contributed by atoms with Crippen LogP contribution in [0.5, 0.6) is 11.5 Å². The molecular formula is C20H19N3O6. The summed E-state index contributed by atoms with van der Waals surface area (Å²) < 4.78 is 6.70. The lowest BCUT2D eigenvalue weighted by Crippen LogP contribution is -2.06. The number of carboxylic acids is 1. The first-order chi connectivity index (χ1) is 13.9. The van der Waals surface area contributed by atoms with E-state index in [9.17, 15) is 25.1 Å². The minimum atomic E-state index is -1.17. The summed E-state index contributed by atoms with van der Waals surface area (Å²) in [5.41, 5.74) is 1.08. The molecule has 0 radical (unpaired) electrons. The van der Waals surface area contributed by atoms with Gasteiger partial charge in [-0.15, -0.1) is 0 Å². The highest BCUT2D eigenvalue weighted by molar-refractivity contribution is 5.96. The Morgan fingerprint density at radius 3 is 2.45 bits per heavy atom. The van der Waals surface area contributed by atoms with Crippen LogP contribution in [0.25, 0.3) is 16.9 Å². The second-order valence-electron chi connectivity index (χ2n) is 6.30. The van der Waals surface area contributed by atoms with Crippen LogP contribution in [-0.2, 0) is 6.42 Å². The van der Waals surface area contributed by atoms with Gasteiger partial charge in [0.15, 0.2) is 5.75 Å². The first kappa shape index (κ1) is 19.9. The average molecular weight is 397 g/mol. The number of phenolic OH excluding ortho intramolecular Hbond substituents is 1. The molecule has 0 spiro atoms. The van der Waals surface area contributed by atoms with E-state index in [-0.39, 0.29) is 16.8 Å². The van der Waals surface area contributed by atoms with Crippen LogP contribution in [0.3, 0.4) is 0 Å². The van der Waals surface area contributed by atoms with E-state index in [0.717, 1.165) is 12.1 Å². The van der Waals surface area contributed by atoms with Crippen LogP contribution in [-0.4, -0.2) is 38.0 Å². The lowest BCUT2D eigenvalue weighted by Gasteiger charge is -2.08. The Morgan fingerprint density at radius 1 is 1.24 bits per heavy atom. The number of aromatic carboxylic acids is 1. The minimum absolute atomic E-state index is 0.00378. The Kier molecular flexibility index (Phi) is 5.49. The number of hydrogen-bond donors (Lipinski definition) is 2. The average Bonchev–Trinajstić information content (AvgIpc) is 3.07. The molecule has 9 nitrogen and oxygen atoms in total. The monoisotopic (exact) mass is 397 g/mol. The van der Waals surface area contributed by atoms with Crippen molar-refractivity contribution in [3.63, 3.8) is 0 Å². The van der Waals surface area contributed by atoms with Crippen LogP contribution in [0.15, 0.2) is 42.5 Å². The molecule has 2 aromatic carbocycles. The number of aromatic nitrogens is 2. The Labute approximate surface area is 165 Å². The molecule has 0 saturated heterocycles. The third-order valence-electron chi connectivity index (χ3n) is 4.44. The molecule has 0 aliphatic rings. The second-order valence-corrected chi connectivity index (χ2v) is 6.30. The van der Waals surface area contributed by atoms with E-state index < -0.39 is 22.3 Å². The smallest absolute Gasteiger partial charge is 0.339 e. The van der Waals surface area contributed by atoms with Crippen molar-refractivity contribution in [3.05, 3.63) is 63.8 Å². The molecule has 1 aromatic heterocycles. The molecule has 1 heterocycles. The van der Waals surface area contributed by atoms with Gasteiger partial charge in [-0.25, -0.2) is 9.48 Å².